The smallest absolute Gasteiger partial charge is 0.0303 e. The van der Waals surface area contributed by atoms with E-state index in [9.17, 15) is 0 Å². The highest BCUT2D eigenvalue weighted by Gasteiger charge is 2.19. The molecule has 92 valence electrons. The zero-order chi connectivity index (χ0) is 12.0. The second-order valence-corrected chi connectivity index (χ2v) is 5.40. The van der Waals surface area contributed by atoms with Crippen molar-refractivity contribution in [3.63, 3.8) is 0 Å². The van der Waals surface area contributed by atoms with Crippen LogP contribution in [-0.4, -0.2) is 12.1 Å². The lowest BCUT2D eigenvalue weighted by molar-refractivity contribution is 0.369. The monoisotopic (exact) mass is 240 g/mol. The Morgan fingerprint density at radius 3 is 2.56 bits per heavy atom. The largest absolute Gasteiger partial charge is 0.324 e. The Labute approximate surface area is 103 Å². The van der Waals surface area contributed by atoms with Gasteiger partial charge >= 0.3 is 0 Å². The summed E-state index contributed by atoms with van der Waals surface area (Å²) in [7, 11) is 0. The van der Waals surface area contributed by atoms with Gasteiger partial charge in [0.05, 0.1) is 0 Å². The van der Waals surface area contributed by atoms with Crippen molar-refractivity contribution in [3.8, 4) is 0 Å². The zero-order valence-corrected chi connectivity index (χ0v) is 11.5. The van der Waals surface area contributed by atoms with Crippen molar-refractivity contribution in [1.29, 1.82) is 0 Å². The second kappa shape index (κ2) is 6.38. The Bertz CT molecular complexity index is 303. The van der Waals surface area contributed by atoms with Gasteiger partial charge < -0.3 is 11.1 Å². The van der Waals surface area contributed by atoms with Crippen molar-refractivity contribution in [2.45, 2.75) is 52.1 Å². The summed E-state index contributed by atoms with van der Waals surface area (Å²) in [4.78, 5) is 1.46. The Morgan fingerprint density at radius 2 is 2.00 bits per heavy atom. The molecular formula is C13H24N2S. The predicted molar refractivity (Wildman–Crippen MR) is 72.9 cm³/mol. The summed E-state index contributed by atoms with van der Waals surface area (Å²) in [6, 6.07) is 2.22. The van der Waals surface area contributed by atoms with Crippen molar-refractivity contribution in [2.75, 3.05) is 6.54 Å². The van der Waals surface area contributed by atoms with Gasteiger partial charge in [-0.15, -0.1) is 11.3 Å². The van der Waals surface area contributed by atoms with E-state index in [0.29, 0.717) is 0 Å². The van der Waals surface area contributed by atoms with Crippen LogP contribution in [-0.2, 0) is 13.0 Å². The lowest BCUT2D eigenvalue weighted by Gasteiger charge is -2.26. The third kappa shape index (κ3) is 3.58. The Balaban J connectivity index is 2.41. The van der Waals surface area contributed by atoms with E-state index in [-0.39, 0.29) is 5.54 Å². The van der Waals surface area contributed by atoms with E-state index >= 15 is 0 Å². The number of hydrogen-bond donors (Lipinski definition) is 2. The third-order valence-corrected chi connectivity index (χ3v) is 4.35. The maximum atomic E-state index is 6.25. The summed E-state index contributed by atoms with van der Waals surface area (Å²) >= 11 is 1.84. The van der Waals surface area contributed by atoms with Gasteiger partial charge in [0.25, 0.3) is 0 Å². The molecule has 1 aromatic heterocycles. The van der Waals surface area contributed by atoms with Crippen LogP contribution in [0, 0.1) is 0 Å². The van der Waals surface area contributed by atoms with Crippen LogP contribution in [0.5, 0.6) is 0 Å². The topological polar surface area (TPSA) is 38.0 Å². The number of nitrogens with one attached hydrogen (secondary N) is 1. The number of aryl methyl sites for hydroxylation is 1. The number of nitrogens with two attached hydrogens (primary N) is 1. The Hall–Kier alpha value is -0.380. The average Bonchev–Trinajstić information content (AvgIpc) is 2.76. The summed E-state index contributed by atoms with van der Waals surface area (Å²) in [6.07, 6.45) is 3.18. The first-order valence-corrected chi connectivity index (χ1v) is 7.08. The first-order valence-electron chi connectivity index (χ1n) is 6.20. The van der Waals surface area contributed by atoms with E-state index in [4.69, 9.17) is 5.73 Å². The van der Waals surface area contributed by atoms with Crippen LogP contribution in [0.4, 0.5) is 0 Å². The summed E-state index contributed by atoms with van der Waals surface area (Å²) in [6.45, 7) is 8.39. The molecule has 0 unspecified atom stereocenters. The summed E-state index contributed by atoms with van der Waals surface area (Å²) < 4.78 is 0. The minimum atomic E-state index is -0.0381. The van der Waals surface area contributed by atoms with Crippen LogP contribution in [0.15, 0.2) is 11.4 Å². The van der Waals surface area contributed by atoms with Crippen molar-refractivity contribution in [1.82, 2.24) is 5.32 Å². The molecule has 0 aromatic carbocycles. The van der Waals surface area contributed by atoms with Gasteiger partial charge in [-0.2, -0.15) is 0 Å². The fourth-order valence-corrected chi connectivity index (χ4v) is 2.71. The highest BCUT2D eigenvalue weighted by Crippen LogP contribution is 2.17. The Morgan fingerprint density at radius 1 is 1.31 bits per heavy atom. The van der Waals surface area contributed by atoms with Gasteiger partial charge in [-0.3, -0.25) is 0 Å². The standard InChI is InChI=1S/C13H24N2S/c1-4-11-7-8-16-12(11)9-15-10-13(14,5-2)6-3/h7-8,15H,4-6,9-10,14H2,1-3H3. The Kier molecular flexibility index (Phi) is 5.46. The first-order chi connectivity index (χ1) is 7.65. The number of thiophene rings is 1. The number of hydrogen-bond acceptors (Lipinski definition) is 3. The van der Waals surface area contributed by atoms with Crippen LogP contribution in [0.1, 0.15) is 44.1 Å². The van der Waals surface area contributed by atoms with Crippen LogP contribution in [0.3, 0.4) is 0 Å². The fourth-order valence-electron chi connectivity index (χ4n) is 1.76. The fraction of sp³-hybridized carbons (Fsp3) is 0.692. The quantitative estimate of drug-likeness (QED) is 0.769. The van der Waals surface area contributed by atoms with Crippen molar-refractivity contribution in [2.24, 2.45) is 5.73 Å². The molecule has 0 aliphatic carbocycles. The maximum Gasteiger partial charge on any atom is 0.0303 e. The van der Waals surface area contributed by atoms with Gasteiger partial charge in [-0.25, -0.2) is 0 Å². The van der Waals surface area contributed by atoms with E-state index in [2.05, 4.69) is 37.5 Å². The van der Waals surface area contributed by atoms with E-state index < -0.39 is 0 Å². The van der Waals surface area contributed by atoms with Crippen molar-refractivity contribution in [3.05, 3.63) is 21.9 Å². The molecule has 0 atom stereocenters. The van der Waals surface area contributed by atoms with Crippen LogP contribution in [0.2, 0.25) is 0 Å². The number of rotatable bonds is 7. The van der Waals surface area contributed by atoms with Crippen molar-refractivity contribution >= 4 is 11.3 Å². The minimum absolute atomic E-state index is 0.0381. The third-order valence-electron chi connectivity index (χ3n) is 3.39. The molecule has 16 heavy (non-hydrogen) atoms. The molecule has 2 nitrogen and oxygen atoms in total. The molecular weight excluding hydrogens is 216 g/mol. The summed E-state index contributed by atoms with van der Waals surface area (Å²) in [5.74, 6) is 0. The van der Waals surface area contributed by atoms with Gasteiger partial charge in [0.1, 0.15) is 0 Å². The van der Waals surface area contributed by atoms with Crippen LogP contribution >= 0.6 is 11.3 Å². The second-order valence-electron chi connectivity index (χ2n) is 4.40. The highest BCUT2D eigenvalue weighted by molar-refractivity contribution is 7.10. The van der Waals surface area contributed by atoms with Gasteiger partial charge in [0.15, 0.2) is 0 Å². The van der Waals surface area contributed by atoms with Gasteiger partial charge in [0.2, 0.25) is 0 Å². The molecule has 0 fully saturated rings. The molecule has 0 saturated carbocycles. The van der Waals surface area contributed by atoms with Gasteiger partial charge in [0, 0.05) is 23.5 Å². The zero-order valence-electron chi connectivity index (χ0n) is 10.7. The molecule has 1 heterocycles. The van der Waals surface area contributed by atoms with E-state index in [0.717, 1.165) is 32.4 Å². The minimum Gasteiger partial charge on any atom is -0.324 e. The van der Waals surface area contributed by atoms with E-state index in [1.165, 1.54) is 10.4 Å². The molecule has 1 rings (SSSR count). The molecule has 1 aromatic rings. The van der Waals surface area contributed by atoms with Crippen LogP contribution in [0.25, 0.3) is 0 Å². The van der Waals surface area contributed by atoms with Gasteiger partial charge in [-0.05, 0) is 36.3 Å². The molecule has 0 saturated heterocycles. The summed E-state index contributed by atoms with van der Waals surface area (Å²) in [5.41, 5.74) is 7.68. The molecule has 0 bridgehead atoms. The molecule has 0 aliphatic heterocycles. The lowest BCUT2D eigenvalue weighted by atomic mass is 9.94. The normalized spacial score (nSPS) is 12.0. The maximum absolute atomic E-state index is 6.25. The van der Waals surface area contributed by atoms with Crippen molar-refractivity contribution < 1.29 is 0 Å². The molecule has 0 aliphatic rings. The summed E-state index contributed by atoms with van der Waals surface area (Å²) in [5, 5.41) is 5.66. The SMILES string of the molecule is CCc1ccsc1CNCC(N)(CC)CC. The van der Waals surface area contributed by atoms with E-state index in [1.807, 2.05) is 11.3 Å². The molecule has 0 spiro atoms. The molecule has 3 heteroatoms. The van der Waals surface area contributed by atoms with Crippen LogP contribution < -0.4 is 11.1 Å². The molecule has 0 amide bonds. The predicted octanol–water partition coefficient (Wildman–Crippen LogP) is 2.92. The lowest BCUT2D eigenvalue weighted by Crippen LogP contribution is -2.47. The highest BCUT2D eigenvalue weighted by atomic mass is 32.1. The average molecular weight is 240 g/mol. The first kappa shape index (κ1) is 13.7. The van der Waals surface area contributed by atoms with Gasteiger partial charge in [-0.1, -0.05) is 20.8 Å². The molecule has 3 N–H and O–H groups in total. The molecule has 0 radical (unpaired) electrons. The van der Waals surface area contributed by atoms with E-state index in [1.54, 1.807) is 0 Å².